The molecule has 0 aliphatic rings. The van der Waals surface area contributed by atoms with E-state index in [9.17, 15) is 0 Å². The Balaban J connectivity index is 3.60. The second-order valence-corrected chi connectivity index (χ2v) is 2.49. The maximum atomic E-state index is 5.10. The molecule has 3 heteroatoms. The molecule has 1 heterocycles. The molecular weight excluding hydrogens is 176 g/mol. The van der Waals surface area contributed by atoms with Crippen molar-refractivity contribution in [1.29, 1.82) is 0 Å². The quantitative estimate of drug-likeness (QED) is 0.689. The molecule has 0 fully saturated rings. The molecule has 0 amide bonds. The van der Waals surface area contributed by atoms with Gasteiger partial charge in [0.15, 0.2) is 0 Å². The van der Waals surface area contributed by atoms with E-state index < -0.39 is 0 Å². The largest absolute Gasteiger partial charge is 0.480 e. The molecule has 0 saturated heterocycles. The van der Waals surface area contributed by atoms with Crippen LogP contribution in [-0.4, -0.2) is 17.1 Å². The minimum atomic E-state index is 0.535. The van der Waals surface area contributed by atoms with Crippen molar-refractivity contribution in [3.05, 3.63) is 42.2 Å². The second-order valence-electron chi connectivity index (χ2n) is 2.49. The van der Waals surface area contributed by atoms with Gasteiger partial charge in [-0.3, -0.25) is 0 Å². The first-order valence-electron chi connectivity index (χ1n) is 4.14. The van der Waals surface area contributed by atoms with Crippen LogP contribution in [0.25, 0.3) is 12.2 Å². The Kier molecular flexibility index (Phi) is 3.61. The lowest BCUT2D eigenvalue weighted by Crippen LogP contribution is -2.30. The van der Waals surface area contributed by atoms with Gasteiger partial charge in [0.05, 0.1) is 17.7 Å². The van der Waals surface area contributed by atoms with E-state index in [2.05, 4.69) is 23.1 Å². The van der Waals surface area contributed by atoms with Crippen LogP contribution in [0.2, 0.25) is 0 Å². The Morgan fingerprint density at radius 3 is 2.50 bits per heavy atom. The van der Waals surface area contributed by atoms with E-state index in [0.717, 1.165) is 10.6 Å². The van der Waals surface area contributed by atoms with Gasteiger partial charge in [0, 0.05) is 0 Å². The number of rotatable bonds is 3. The van der Waals surface area contributed by atoms with Crippen molar-refractivity contribution in [2.75, 3.05) is 7.11 Å². The minimum absolute atomic E-state index is 0.535. The van der Waals surface area contributed by atoms with Gasteiger partial charge in [-0.1, -0.05) is 25.3 Å². The van der Waals surface area contributed by atoms with Crippen molar-refractivity contribution >= 4 is 12.2 Å². The third kappa shape index (κ3) is 2.07. The lowest BCUT2D eigenvalue weighted by atomic mass is 10.3. The molecule has 0 atom stereocenters. The van der Waals surface area contributed by atoms with Gasteiger partial charge in [-0.25, -0.2) is 9.97 Å². The predicted octanol–water partition coefficient (Wildman–Crippen LogP) is 0.418. The Hall–Kier alpha value is -1.90. The molecule has 0 N–H and O–H groups in total. The Morgan fingerprint density at radius 2 is 1.93 bits per heavy atom. The number of hydrogen-bond donors (Lipinski definition) is 0. The molecule has 0 aromatic carbocycles. The van der Waals surface area contributed by atoms with Crippen LogP contribution in [0.4, 0.5) is 0 Å². The van der Waals surface area contributed by atoms with E-state index in [1.165, 1.54) is 6.33 Å². The summed E-state index contributed by atoms with van der Waals surface area (Å²) < 4.78 is 5.10. The zero-order valence-corrected chi connectivity index (χ0v) is 8.10. The van der Waals surface area contributed by atoms with Crippen LogP contribution in [0, 0.1) is 0 Å². The van der Waals surface area contributed by atoms with Crippen LogP contribution < -0.4 is 15.3 Å². The van der Waals surface area contributed by atoms with Crippen LogP contribution in [0.5, 0.6) is 5.88 Å². The molecular formula is C11H12N2O. The molecule has 1 aromatic rings. The van der Waals surface area contributed by atoms with Gasteiger partial charge in [-0.2, -0.15) is 0 Å². The average molecular weight is 188 g/mol. The van der Waals surface area contributed by atoms with Gasteiger partial charge in [-0.15, -0.1) is 0 Å². The second kappa shape index (κ2) is 4.97. The summed E-state index contributed by atoms with van der Waals surface area (Å²) in [5.41, 5.74) is 0. The molecule has 14 heavy (non-hydrogen) atoms. The normalized spacial score (nSPS) is 12.6. The maximum absolute atomic E-state index is 5.10. The summed E-state index contributed by atoms with van der Waals surface area (Å²) in [6.07, 6.45) is 8.38. The topological polar surface area (TPSA) is 35.0 Å². The molecule has 1 rings (SSSR count). The molecule has 0 spiro atoms. The van der Waals surface area contributed by atoms with Crippen LogP contribution in [0.15, 0.2) is 31.6 Å². The average Bonchev–Trinajstić information content (AvgIpc) is 2.21. The number of methoxy groups -OCH3 is 1. The lowest BCUT2D eigenvalue weighted by molar-refractivity contribution is 0.392. The van der Waals surface area contributed by atoms with Crippen molar-refractivity contribution in [2.45, 2.75) is 0 Å². The summed E-state index contributed by atoms with van der Waals surface area (Å²) in [5.74, 6) is 0.535. The van der Waals surface area contributed by atoms with E-state index in [0.29, 0.717) is 5.88 Å². The molecule has 0 unspecified atom stereocenters. The summed E-state index contributed by atoms with van der Waals surface area (Å²) in [5, 5.41) is 1.58. The lowest BCUT2D eigenvalue weighted by Gasteiger charge is -1.98. The summed E-state index contributed by atoms with van der Waals surface area (Å²) in [6.45, 7) is 7.24. The number of allylic oxidation sites excluding steroid dienone is 2. The number of hydrogen-bond acceptors (Lipinski definition) is 3. The molecule has 0 saturated carbocycles. The van der Waals surface area contributed by atoms with Gasteiger partial charge in [0.1, 0.15) is 6.33 Å². The van der Waals surface area contributed by atoms with Crippen LogP contribution in [-0.2, 0) is 0 Å². The van der Waals surface area contributed by atoms with Crippen molar-refractivity contribution in [3.8, 4) is 5.88 Å². The third-order valence-electron chi connectivity index (χ3n) is 1.63. The highest BCUT2D eigenvalue weighted by atomic mass is 16.5. The summed E-state index contributed by atoms with van der Waals surface area (Å²) >= 11 is 0. The van der Waals surface area contributed by atoms with Gasteiger partial charge in [0.25, 0.3) is 0 Å². The first-order valence-corrected chi connectivity index (χ1v) is 4.14. The van der Waals surface area contributed by atoms with E-state index in [1.54, 1.807) is 31.4 Å². The van der Waals surface area contributed by atoms with Gasteiger partial charge in [0.2, 0.25) is 5.88 Å². The molecule has 3 nitrogen and oxygen atoms in total. The fourth-order valence-electron chi connectivity index (χ4n) is 1.07. The van der Waals surface area contributed by atoms with E-state index >= 15 is 0 Å². The highest BCUT2D eigenvalue weighted by molar-refractivity contribution is 5.42. The Labute approximate surface area is 82.8 Å². The van der Waals surface area contributed by atoms with Gasteiger partial charge in [-0.05, 0) is 12.2 Å². The van der Waals surface area contributed by atoms with Crippen molar-refractivity contribution < 1.29 is 4.74 Å². The first-order chi connectivity index (χ1) is 6.83. The van der Waals surface area contributed by atoms with Crippen molar-refractivity contribution in [1.82, 2.24) is 9.97 Å². The van der Waals surface area contributed by atoms with E-state index in [1.807, 2.05) is 0 Å². The molecule has 0 aliphatic heterocycles. The zero-order valence-electron chi connectivity index (χ0n) is 8.10. The summed E-state index contributed by atoms with van der Waals surface area (Å²) in [7, 11) is 1.57. The standard InChI is InChI=1S/C11H12N2O/c1-4-6-9-10(7-5-2)12-8-13-11(9)14-3/h4-8H,1-2H2,3H3/b9-6+,10-7+. The van der Waals surface area contributed by atoms with Crippen molar-refractivity contribution in [3.63, 3.8) is 0 Å². The van der Waals surface area contributed by atoms with Crippen molar-refractivity contribution in [2.24, 2.45) is 0 Å². The highest BCUT2D eigenvalue weighted by Gasteiger charge is 1.96. The third-order valence-corrected chi connectivity index (χ3v) is 1.63. The number of ether oxygens (including phenoxy) is 1. The molecule has 0 bridgehead atoms. The number of aromatic nitrogens is 2. The van der Waals surface area contributed by atoms with Crippen LogP contribution >= 0.6 is 0 Å². The Bertz CT molecular complexity index is 449. The minimum Gasteiger partial charge on any atom is -0.480 e. The fraction of sp³-hybridized carbons (Fsp3) is 0.0909. The predicted molar refractivity (Wildman–Crippen MR) is 57.2 cm³/mol. The molecule has 1 aromatic heterocycles. The Morgan fingerprint density at radius 1 is 1.21 bits per heavy atom. The molecule has 0 radical (unpaired) electrons. The SMILES string of the molecule is C=C/C=c1/ncnc(OC)/c1=C/C=C. The summed E-state index contributed by atoms with van der Waals surface area (Å²) in [6, 6.07) is 0. The van der Waals surface area contributed by atoms with E-state index in [-0.39, 0.29) is 0 Å². The first kappa shape index (κ1) is 10.2. The molecule has 0 aliphatic carbocycles. The smallest absolute Gasteiger partial charge is 0.224 e. The number of nitrogens with zero attached hydrogens (tertiary/aromatic N) is 2. The fourth-order valence-corrected chi connectivity index (χ4v) is 1.07. The summed E-state index contributed by atoms with van der Waals surface area (Å²) in [4.78, 5) is 8.09. The van der Waals surface area contributed by atoms with E-state index in [4.69, 9.17) is 4.74 Å². The zero-order chi connectivity index (χ0) is 10.4. The maximum Gasteiger partial charge on any atom is 0.224 e. The highest BCUT2D eigenvalue weighted by Crippen LogP contribution is 1.89. The van der Waals surface area contributed by atoms with Crippen LogP contribution in [0.1, 0.15) is 0 Å². The molecule has 72 valence electrons. The monoisotopic (exact) mass is 188 g/mol. The van der Waals surface area contributed by atoms with Crippen LogP contribution in [0.3, 0.4) is 0 Å². The van der Waals surface area contributed by atoms with Gasteiger partial charge >= 0.3 is 0 Å². The van der Waals surface area contributed by atoms with Gasteiger partial charge < -0.3 is 4.74 Å².